The molecule has 0 saturated heterocycles. The third kappa shape index (κ3) is 16.1. The third-order valence-electron chi connectivity index (χ3n) is 1.55. The molecule has 0 aromatic rings. The van der Waals surface area contributed by atoms with E-state index in [4.69, 9.17) is 30.2 Å². The lowest BCUT2D eigenvalue weighted by Gasteiger charge is -2.27. The van der Waals surface area contributed by atoms with Crippen molar-refractivity contribution in [3.05, 3.63) is 0 Å². The van der Waals surface area contributed by atoms with Crippen LogP contribution in [-0.4, -0.2) is 56.6 Å². The maximum Gasteiger partial charge on any atom is 0.473 e. The molecule has 14 N–H and O–H groups in total. The standard InChI is InChI=1S/C5H12O4.2H3N.H4O7P2/c6-1-5(2-7,3-8)4-9;;;1-8(2,3)7-9(4,5)6/h6-9H,1-4H2;2*1H3;(H2,1,2,3)(H2,4,5,6). The van der Waals surface area contributed by atoms with Gasteiger partial charge in [0, 0.05) is 0 Å². The van der Waals surface area contributed by atoms with Gasteiger partial charge in [0.1, 0.15) is 0 Å². The van der Waals surface area contributed by atoms with Crippen LogP contribution in [0.2, 0.25) is 0 Å². The monoisotopic (exact) mass is 348 g/mol. The molecular formula is C5H22N2O11P2. The van der Waals surface area contributed by atoms with Gasteiger partial charge in [0.05, 0.1) is 39.7 Å². The number of phosphoric acid groups is 2. The maximum absolute atomic E-state index is 9.55. The number of quaternary nitrogens is 2. The zero-order valence-corrected chi connectivity index (χ0v) is 12.7. The highest BCUT2D eigenvalue weighted by molar-refractivity contribution is 7.58. The molecule has 0 aromatic carbocycles. The van der Waals surface area contributed by atoms with Gasteiger partial charge in [-0.3, -0.25) is 4.31 Å². The first kappa shape index (κ1) is 28.2. The number of aliphatic hydroxyl groups is 4. The Bertz CT molecular complexity index is 272. The van der Waals surface area contributed by atoms with Crippen LogP contribution in [0.4, 0.5) is 0 Å². The fraction of sp³-hybridized carbons (Fsp3) is 1.00. The molecule has 0 atom stereocenters. The number of hydrogen-bond donors (Lipinski definition) is 8. The second kappa shape index (κ2) is 11.7. The Labute approximate surface area is 114 Å². The molecule has 0 bridgehead atoms. The Morgan fingerprint density at radius 1 is 0.850 bits per heavy atom. The minimum absolute atomic E-state index is 0. The van der Waals surface area contributed by atoms with E-state index < -0.39 is 47.5 Å². The molecular weight excluding hydrogens is 326 g/mol. The summed E-state index contributed by atoms with van der Waals surface area (Å²) in [6.45, 7) is -1.62. The van der Waals surface area contributed by atoms with Crippen molar-refractivity contribution in [2.24, 2.45) is 5.41 Å². The van der Waals surface area contributed by atoms with Crippen molar-refractivity contribution in [1.29, 1.82) is 0 Å². The Hall–Kier alpha value is 0.0200. The van der Waals surface area contributed by atoms with Gasteiger partial charge in [-0.2, -0.15) is 0 Å². The molecule has 0 saturated carbocycles. The molecule has 0 spiro atoms. The highest BCUT2D eigenvalue weighted by atomic mass is 31.3. The lowest BCUT2D eigenvalue weighted by atomic mass is 9.93. The van der Waals surface area contributed by atoms with Gasteiger partial charge in [-0.25, -0.2) is 4.57 Å². The van der Waals surface area contributed by atoms with E-state index >= 15 is 0 Å². The first-order valence-electron chi connectivity index (χ1n) is 4.17. The van der Waals surface area contributed by atoms with Crippen molar-refractivity contribution < 1.29 is 53.4 Å². The van der Waals surface area contributed by atoms with Crippen molar-refractivity contribution in [3.63, 3.8) is 0 Å². The van der Waals surface area contributed by atoms with Gasteiger partial charge in [-0.15, -0.1) is 0 Å². The Morgan fingerprint density at radius 3 is 1.10 bits per heavy atom. The Balaban J connectivity index is -0.000000116. The largest absolute Gasteiger partial charge is 0.789 e. The van der Waals surface area contributed by atoms with Gasteiger partial charge >= 0.3 is 7.82 Å². The van der Waals surface area contributed by atoms with Crippen molar-refractivity contribution in [3.8, 4) is 0 Å². The summed E-state index contributed by atoms with van der Waals surface area (Å²) in [6.07, 6.45) is 0. The van der Waals surface area contributed by atoms with Crippen LogP contribution in [0.15, 0.2) is 0 Å². The molecule has 0 aliphatic heterocycles. The van der Waals surface area contributed by atoms with Gasteiger partial charge in [0.25, 0.3) is 0 Å². The smallest absolute Gasteiger partial charge is 0.473 e. The normalized spacial score (nSPS) is 11.6. The summed E-state index contributed by atoms with van der Waals surface area (Å²) >= 11 is 0. The van der Waals surface area contributed by atoms with Crippen molar-refractivity contribution in [2.75, 3.05) is 26.4 Å². The first-order valence-corrected chi connectivity index (χ1v) is 7.17. The fourth-order valence-corrected chi connectivity index (χ4v) is 1.47. The lowest BCUT2D eigenvalue weighted by Crippen LogP contribution is -2.37. The van der Waals surface area contributed by atoms with E-state index in [-0.39, 0.29) is 12.3 Å². The van der Waals surface area contributed by atoms with Crippen LogP contribution in [0.1, 0.15) is 0 Å². The van der Waals surface area contributed by atoms with Crippen LogP contribution >= 0.6 is 15.6 Å². The van der Waals surface area contributed by atoms with Gasteiger partial charge in [0.15, 0.2) is 0 Å². The average Bonchev–Trinajstić information content (AvgIpc) is 2.17. The predicted molar refractivity (Wildman–Crippen MR) is 63.5 cm³/mol. The summed E-state index contributed by atoms with van der Waals surface area (Å²) in [7, 11) is -10.7. The van der Waals surface area contributed by atoms with E-state index in [0.29, 0.717) is 0 Å². The van der Waals surface area contributed by atoms with Crippen LogP contribution in [0, 0.1) is 5.41 Å². The molecule has 15 heteroatoms. The molecule has 20 heavy (non-hydrogen) atoms. The van der Waals surface area contributed by atoms with E-state index in [9.17, 15) is 18.9 Å². The second-order valence-corrected chi connectivity index (χ2v) is 5.68. The van der Waals surface area contributed by atoms with E-state index in [1.165, 1.54) is 0 Å². The quantitative estimate of drug-likeness (QED) is 0.219. The molecule has 0 aliphatic rings. The minimum atomic E-state index is -5.55. The summed E-state index contributed by atoms with van der Waals surface area (Å²) in [5.41, 5.74) is -1.11. The van der Waals surface area contributed by atoms with E-state index in [2.05, 4.69) is 4.31 Å². The second-order valence-electron chi connectivity index (χ2n) is 3.15. The van der Waals surface area contributed by atoms with E-state index in [1.54, 1.807) is 0 Å². The molecule has 0 amide bonds. The molecule has 0 radical (unpaired) electrons. The molecule has 13 nitrogen and oxygen atoms in total. The van der Waals surface area contributed by atoms with E-state index in [1.807, 2.05) is 0 Å². The average molecular weight is 348 g/mol. The summed E-state index contributed by atoms with van der Waals surface area (Å²) < 4.78 is 21.7. The van der Waals surface area contributed by atoms with Crippen LogP contribution < -0.4 is 22.1 Å². The molecule has 128 valence electrons. The molecule has 0 aromatic heterocycles. The summed E-state index contributed by atoms with van der Waals surface area (Å²) in [5.74, 6) is 0. The molecule has 0 heterocycles. The minimum Gasteiger partial charge on any atom is -0.789 e. The Morgan fingerprint density at radius 2 is 1.10 bits per heavy atom. The summed E-state index contributed by atoms with van der Waals surface area (Å²) in [5, 5.41) is 34.0. The number of aliphatic hydroxyl groups excluding tert-OH is 4. The van der Waals surface area contributed by atoms with Crippen molar-refractivity contribution in [2.45, 2.75) is 0 Å². The van der Waals surface area contributed by atoms with Gasteiger partial charge < -0.3 is 56.9 Å². The van der Waals surface area contributed by atoms with E-state index in [0.717, 1.165) is 0 Å². The summed E-state index contributed by atoms with van der Waals surface area (Å²) in [4.78, 5) is 34.1. The Kier molecular flexibility index (Phi) is 16.4. The number of hydrogen-bond acceptors (Lipinski definition) is 9. The van der Waals surface area contributed by atoms with Crippen molar-refractivity contribution in [1.82, 2.24) is 12.3 Å². The van der Waals surface area contributed by atoms with Gasteiger partial charge in [0.2, 0.25) is 0 Å². The molecule has 0 fully saturated rings. The molecule has 0 unspecified atom stereocenters. The first-order chi connectivity index (χ1) is 7.95. The van der Waals surface area contributed by atoms with Gasteiger partial charge in [-0.1, -0.05) is 0 Å². The molecule has 0 aliphatic carbocycles. The van der Waals surface area contributed by atoms with Crippen LogP contribution in [0.25, 0.3) is 0 Å². The predicted octanol–water partition coefficient (Wildman–Crippen LogP) is -3.38. The molecule has 0 rings (SSSR count). The lowest BCUT2D eigenvalue weighted by molar-refractivity contribution is -0.334. The number of rotatable bonds is 6. The maximum atomic E-state index is 9.55. The highest BCUT2D eigenvalue weighted by Crippen LogP contribution is 2.48. The fourth-order valence-electron chi connectivity index (χ4n) is 0.430. The highest BCUT2D eigenvalue weighted by Gasteiger charge is 2.26. The van der Waals surface area contributed by atoms with Crippen molar-refractivity contribution >= 4 is 15.6 Å². The zero-order chi connectivity index (χ0) is 15.0. The van der Waals surface area contributed by atoms with Gasteiger partial charge in [-0.05, 0) is 0 Å². The van der Waals surface area contributed by atoms with Crippen LogP contribution in [-0.2, 0) is 13.4 Å². The topological polar surface area (TPSA) is 284 Å². The van der Waals surface area contributed by atoms with Crippen LogP contribution in [0.3, 0.4) is 0 Å². The zero-order valence-electron chi connectivity index (χ0n) is 10.9. The summed E-state index contributed by atoms with van der Waals surface area (Å²) in [6, 6.07) is 0. The third-order valence-corrected chi connectivity index (χ3v) is 3.20. The SMILES string of the molecule is O=P([O-])([O-])OP(=O)(O)O.OCC(CO)(CO)CO.[NH4+].[NH4+]. The van der Waals surface area contributed by atoms with Crippen LogP contribution in [0.5, 0.6) is 0 Å².